The summed E-state index contributed by atoms with van der Waals surface area (Å²) in [6.45, 7) is 3.84. The summed E-state index contributed by atoms with van der Waals surface area (Å²) in [7, 11) is 0. The van der Waals surface area contributed by atoms with Crippen LogP contribution in [0.4, 0.5) is 0 Å². The molecule has 3 rings (SSSR count). The molecule has 18 heavy (non-hydrogen) atoms. The molecule has 2 aromatic rings. The van der Waals surface area contributed by atoms with E-state index in [9.17, 15) is 0 Å². The number of aryl methyl sites for hydroxylation is 1. The maximum absolute atomic E-state index is 5.60. The maximum Gasteiger partial charge on any atom is 0.181 e. The molecular weight excluding hydrogens is 224 g/mol. The van der Waals surface area contributed by atoms with Gasteiger partial charge in [-0.05, 0) is 17.9 Å². The first-order valence-electron chi connectivity index (χ1n) is 6.49. The van der Waals surface area contributed by atoms with Gasteiger partial charge in [-0.15, -0.1) is 0 Å². The van der Waals surface area contributed by atoms with E-state index in [4.69, 9.17) is 5.73 Å². The molecule has 0 radical (unpaired) electrons. The van der Waals surface area contributed by atoms with E-state index in [1.54, 1.807) is 0 Å². The molecule has 2 heterocycles. The molecule has 2 N–H and O–H groups in total. The SMILES string of the molecule is C[C@@H]1CCn2nc(-c3ccc(CN)cc3)nc2C1. The molecule has 0 unspecified atom stereocenters. The lowest BCUT2D eigenvalue weighted by atomic mass is 10.0. The summed E-state index contributed by atoms with van der Waals surface area (Å²) in [6, 6.07) is 8.18. The van der Waals surface area contributed by atoms with Crippen LogP contribution in [0, 0.1) is 5.92 Å². The molecule has 4 nitrogen and oxygen atoms in total. The second-order valence-corrected chi connectivity index (χ2v) is 5.07. The Morgan fingerprint density at radius 2 is 2.11 bits per heavy atom. The summed E-state index contributed by atoms with van der Waals surface area (Å²) in [6.07, 6.45) is 2.23. The lowest BCUT2D eigenvalue weighted by molar-refractivity contribution is 0.386. The highest BCUT2D eigenvalue weighted by Crippen LogP contribution is 2.22. The molecule has 1 aliphatic heterocycles. The van der Waals surface area contributed by atoms with E-state index in [1.165, 1.54) is 6.42 Å². The minimum atomic E-state index is 0.574. The first-order valence-corrected chi connectivity index (χ1v) is 6.49. The van der Waals surface area contributed by atoms with Crippen LogP contribution in [0.1, 0.15) is 24.7 Å². The van der Waals surface area contributed by atoms with Crippen molar-refractivity contribution in [3.05, 3.63) is 35.7 Å². The highest BCUT2D eigenvalue weighted by Gasteiger charge is 2.19. The van der Waals surface area contributed by atoms with E-state index in [-0.39, 0.29) is 0 Å². The van der Waals surface area contributed by atoms with Crippen molar-refractivity contribution in [2.45, 2.75) is 32.9 Å². The van der Waals surface area contributed by atoms with Crippen LogP contribution in [0.5, 0.6) is 0 Å². The van der Waals surface area contributed by atoms with Gasteiger partial charge >= 0.3 is 0 Å². The van der Waals surface area contributed by atoms with E-state index in [0.29, 0.717) is 12.5 Å². The average molecular weight is 242 g/mol. The minimum absolute atomic E-state index is 0.574. The van der Waals surface area contributed by atoms with Crippen LogP contribution in [0.2, 0.25) is 0 Å². The molecule has 0 bridgehead atoms. The van der Waals surface area contributed by atoms with Crippen molar-refractivity contribution in [1.29, 1.82) is 0 Å². The van der Waals surface area contributed by atoms with Gasteiger partial charge in [-0.1, -0.05) is 31.2 Å². The lowest BCUT2D eigenvalue weighted by Gasteiger charge is -2.17. The van der Waals surface area contributed by atoms with Crippen molar-refractivity contribution >= 4 is 0 Å². The van der Waals surface area contributed by atoms with Gasteiger partial charge in [0.25, 0.3) is 0 Å². The molecule has 1 aromatic carbocycles. The minimum Gasteiger partial charge on any atom is -0.326 e. The molecule has 1 aromatic heterocycles. The van der Waals surface area contributed by atoms with Crippen molar-refractivity contribution in [2.24, 2.45) is 11.7 Å². The fourth-order valence-corrected chi connectivity index (χ4v) is 2.37. The number of nitrogens with zero attached hydrogens (tertiary/aromatic N) is 3. The van der Waals surface area contributed by atoms with Crippen LogP contribution in [0.25, 0.3) is 11.4 Å². The number of nitrogens with two attached hydrogens (primary N) is 1. The van der Waals surface area contributed by atoms with Crippen molar-refractivity contribution in [3.63, 3.8) is 0 Å². The second-order valence-electron chi connectivity index (χ2n) is 5.07. The Kier molecular flexibility index (Phi) is 2.88. The van der Waals surface area contributed by atoms with Gasteiger partial charge in [-0.3, -0.25) is 0 Å². The number of rotatable bonds is 2. The van der Waals surface area contributed by atoms with Crippen molar-refractivity contribution in [2.75, 3.05) is 0 Å². The molecule has 0 saturated heterocycles. The Balaban J connectivity index is 1.92. The van der Waals surface area contributed by atoms with Crippen LogP contribution in [0.3, 0.4) is 0 Å². The molecule has 0 saturated carbocycles. The van der Waals surface area contributed by atoms with Gasteiger partial charge in [-0.25, -0.2) is 9.67 Å². The number of hydrogen-bond donors (Lipinski definition) is 1. The highest BCUT2D eigenvalue weighted by molar-refractivity contribution is 5.55. The van der Waals surface area contributed by atoms with Crippen LogP contribution in [-0.2, 0) is 19.5 Å². The summed E-state index contributed by atoms with van der Waals surface area (Å²) in [5.41, 5.74) is 7.80. The van der Waals surface area contributed by atoms with Crippen molar-refractivity contribution in [3.8, 4) is 11.4 Å². The Morgan fingerprint density at radius 1 is 1.33 bits per heavy atom. The number of fused-ring (bicyclic) bond motifs is 1. The first-order chi connectivity index (χ1) is 8.76. The predicted molar refractivity (Wildman–Crippen MR) is 70.8 cm³/mol. The highest BCUT2D eigenvalue weighted by atomic mass is 15.3. The molecule has 4 heteroatoms. The fraction of sp³-hybridized carbons (Fsp3) is 0.429. The number of aromatic nitrogens is 3. The summed E-state index contributed by atoms with van der Waals surface area (Å²) < 4.78 is 2.05. The predicted octanol–water partition coefficient (Wildman–Crippen LogP) is 1.99. The molecule has 1 atom stereocenters. The van der Waals surface area contributed by atoms with Gasteiger partial charge in [-0.2, -0.15) is 5.10 Å². The lowest BCUT2D eigenvalue weighted by Crippen LogP contribution is -2.18. The summed E-state index contributed by atoms with van der Waals surface area (Å²) >= 11 is 0. The Bertz CT molecular complexity index is 541. The largest absolute Gasteiger partial charge is 0.326 e. The first kappa shape index (κ1) is 11.4. The van der Waals surface area contributed by atoms with E-state index in [2.05, 4.69) is 17.0 Å². The molecule has 0 spiro atoms. The van der Waals surface area contributed by atoms with Crippen LogP contribution < -0.4 is 5.73 Å². The second kappa shape index (κ2) is 4.53. The van der Waals surface area contributed by atoms with E-state index in [0.717, 1.165) is 35.7 Å². The Labute approximate surface area is 107 Å². The van der Waals surface area contributed by atoms with E-state index >= 15 is 0 Å². The summed E-state index contributed by atoms with van der Waals surface area (Å²) in [4.78, 5) is 4.65. The van der Waals surface area contributed by atoms with Gasteiger partial charge in [0.15, 0.2) is 5.82 Å². The molecule has 0 fully saturated rings. The third-order valence-electron chi connectivity index (χ3n) is 3.56. The van der Waals surface area contributed by atoms with E-state index in [1.807, 2.05) is 28.9 Å². The fourth-order valence-electron chi connectivity index (χ4n) is 2.37. The Hall–Kier alpha value is -1.68. The van der Waals surface area contributed by atoms with E-state index < -0.39 is 0 Å². The molecule has 94 valence electrons. The topological polar surface area (TPSA) is 56.7 Å². The van der Waals surface area contributed by atoms with Crippen LogP contribution in [0.15, 0.2) is 24.3 Å². The molecule has 0 aliphatic carbocycles. The van der Waals surface area contributed by atoms with Crippen LogP contribution in [-0.4, -0.2) is 14.8 Å². The van der Waals surface area contributed by atoms with Gasteiger partial charge in [0.1, 0.15) is 5.82 Å². The van der Waals surface area contributed by atoms with Gasteiger partial charge < -0.3 is 5.73 Å². The normalized spacial score (nSPS) is 18.7. The van der Waals surface area contributed by atoms with Gasteiger partial charge in [0.2, 0.25) is 0 Å². The monoisotopic (exact) mass is 242 g/mol. The van der Waals surface area contributed by atoms with Crippen LogP contribution >= 0.6 is 0 Å². The zero-order valence-corrected chi connectivity index (χ0v) is 10.6. The third kappa shape index (κ3) is 2.04. The maximum atomic E-state index is 5.60. The zero-order valence-electron chi connectivity index (χ0n) is 10.6. The number of hydrogen-bond acceptors (Lipinski definition) is 3. The number of benzene rings is 1. The molecular formula is C14H18N4. The molecule has 1 aliphatic rings. The molecule has 0 amide bonds. The van der Waals surface area contributed by atoms with Crippen molar-refractivity contribution in [1.82, 2.24) is 14.8 Å². The quantitative estimate of drug-likeness (QED) is 0.876. The summed E-state index contributed by atoms with van der Waals surface area (Å²) in [5.74, 6) is 2.67. The summed E-state index contributed by atoms with van der Waals surface area (Å²) in [5, 5.41) is 4.59. The van der Waals surface area contributed by atoms with Gasteiger partial charge in [0.05, 0.1) is 0 Å². The Morgan fingerprint density at radius 3 is 2.83 bits per heavy atom. The van der Waals surface area contributed by atoms with Gasteiger partial charge in [0, 0.05) is 25.1 Å². The third-order valence-corrected chi connectivity index (χ3v) is 3.56. The smallest absolute Gasteiger partial charge is 0.181 e. The van der Waals surface area contributed by atoms with Crippen molar-refractivity contribution < 1.29 is 0 Å². The standard InChI is InChI=1S/C14H18N4/c1-10-6-7-18-13(8-10)16-14(17-18)12-4-2-11(9-15)3-5-12/h2-5,10H,6-9,15H2,1H3/t10-/m1/s1. The zero-order chi connectivity index (χ0) is 12.5. The average Bonchev–Trinajstić information content (AvgIpc) is 2.81.